The predicted octanol–water partition coefficient (Wildman–Crippen LogP) is 4.03. The van der Waals surface area contributed by atoms with Gasteiger partial charge in [-0.05, 0) is 36.6 Å². The molecule has 0 aliphatic rings. The van der Waals surface area contributed by atoms with E-state index in [9.17, 15) is 8.42 Å². The fourth-order valence-corrected chi connectivity index (χ4v) is 3.28. The molecule has 0 bridgehead atoms. The van der Waals surface area contributed by atoms with E-state index in [1.165, 1.54) is 0 Å². The molecule has 2 atom stereocenters. The molecule has 2 rings (SSSR count). The summed E-state index contributed by atoms with van der Waals surface area (Å²) in [7, 11) is -3.50. The highest BCUT2D eigenvalue weighted by Crippen LogP contribution is 2.27. The van der Waals surface area contributed by atoms with Gasteiger partial charge in [0.2, 0.25) is 0 Å². The Morgan fingerprint density at radius 3 is 2.18 bits per heavy atom. The third-order valence-corrected chi connectivity index (χ3v) is 4.39. The second kappa shape index (κ2) is 7.27. The number of rotatable bonds is 6. The molecule has 0 spiro atoms. The number of hydrogen-bond donors (Lipinski definition) is 0. The van der Waals surface area contributed by atoms with Gasteiger partial charge in [-0.1, -0.05) is 54.1 Å². The molecule has 0 unspecified atom stereocenters. The van der Waals surface area contributed by atoms with Crippen molar-refractivity contribution in [2.75, 3.05) is 6.26 Å². The van der Waals surface area contributed by atoms with Crippen molar-refractivity contribution < 1.29 is 12.6 Å². The molecule has 0 heterocycles. The summed E-state index contributed by atoms with van der Waals surface area (Å²) in [5.74, 6) is -0.0582. The third kappa shape index (κ3) is 5.13. The molecule has 3 nitrogen and oxygen atoms in total. The molecule has 0 aliphatic heterocycles. The first-order valence-corrected chi connectivity index (χ1v) is 9.22. The smallest absolute Gasteiger partial charge is 0.264 e. The fourth-order valence-electron chi connectivity index (χ4n) is 2.47. The fraction of sp³-hybridized carbons (Fsp3) is 0.294. The number of hydrogen-bond acceptors (Lipinski definition) is 3. The largest absolute Gasteiger partial charge is 0.267 e. The number of halogens is 1. The van der Waals surface area contributed by atoms with Crippen LogP contribution in [0.5, 0.6) is 0 Å². The normalized spacial score (nSPS) is 14.5. The Labute approximate surface area is 137 Å². The summed E-state index contributed by atoms with van der Waals surface area (Å²) in [5, 5.41) is 0.681. The lowest BCUT2D eigenvalue weighted by molar-refractivity contribution is 0.197. The van der Waals surface area contributed by atoms with Crippen molar-refractivity contribution in [1.82, 2.24) is 0 Å². The summed E-state index contributed by atoms with van der Waals surface area (Å²) in [6, 6.07) is 17.4. The average molecular weight is 339 g/mol. The summed E-state index contributed by atoms with van der Waals surface area (Å²) in [5.41, 5.74) is 2.14. The second-order valence-electron chi connectivity index (χ2n) is 5.35. The first kappa shape index (κ1) is 17.0. The average Bonchev–Trinajstić information content (AvgIpc) is 2.45. The lowest BCUT2D eigenvalue weighted by Gasteiger charge is -2.24. The Morgan fingerprint density at radius 1 is 1.05 bits per heavy atom. The SMILES string of the molecule is C[C@H](OS(C)(=O)=O)[C@H](Cc1ccc(Cl)cc1)c1ccccc1. The zero-order valence-corrected chi connectivity index (χ0v) is 14.1. The molecular weight excluding hydrogens is 320 g/mol. The molecule has 22 heavy (non-hydrogen) atoms. The van der Waals surface area contributed by atoms with Crippen LogP contribution in [0.3, 0.4) is 0 Å². The molecule has 0 fully saturated rings. The maximum atomic E-state index is 11.4. The molecule has 118 valence electrons. The standard InChI is InChI=1S/C17H19ClO3S/c1-13(21-22(2,19)20)17(15-6-4-3-5-7-15)12-14-8-10-16(18)11-9-14/h3-11,13,17H,12H2,1-2H3/t13-,17-/m0/s1. The molecule has 2 aromatic carbocycles. The van der Waals surface area contributed by atoms with Gasteiger partial charge in [-0.2, -0.15) is 8.42 Å². The third-order valence-electron chi connectivity index (χ3n) is 3.49. The molecular formula is C17H19ClO3S. The van der Waals surface area contributed by atoms with Gasteiger partial charge in [0.1, 0.15) is 0 Å². The van der Waals surface area contributed by atoms with Crippen molar-refractivity contribution in [3.63, 3.8) is 0 Å². The maximum absolute atomic E-state index is 11.4. The Bertz CT molecular complexity index is 696. The molecule has 2 aromatic rings. The van der Waals surface area contributed by atoms with Crippen molar-refractivity contribution in [3.8, 4) is 0 Å². The quantitative estimate of drug-likeness (QED) is 0.747. The van der Waals surface area contributed by atoms with Gasteiger partial charge in [-0.15, -0.1) is 0 Å². The van der Waals surface area contributed by atoms with Crippen LogP contribution in [0.2, 0.25) is 5.02 Å². The van der Waals surface area contributed by atoms with E-state index in [0.29, 0.717) is 11.4 Å². The zero-order chi connectivity index (χ0) is 16.2. The lowest BCUT2D eigenvalue weighted by atomic mass is 9.88. The summed E-state index contributed by atoms with van der Waals surface area (Å²) >= 11 is 5.91. The van der Waals surface area contributed by atoms with Crippen molar-refractivity contribution in [3.05, 3.63) is 70.7 Å². The van der Waals surface area contributed by atoms with Crippen LogP contribution >= 0.6 is 11.6 Å². The molecule has 5 heteroatoms. The van der Waals surface area contributed by atoms with Gasteiger partial charge in [0.25, 0.3) is 10.1 Å². The zero-order valence-electron chi connectivity index (χ0n) is 12.6. The van der Waals surface area contributed by atoms with Crippen LogP contribution in [-0.4, -0.2) is 20.8 Å². The first-order chi connectivity index (χ1) is 10.3. The second-order valence-corrected chi connectivity index (χ2v) is 7.39. The van der Waals surface area contributed by atoms with Gasteiger partial charge < -0.3 is 0 Å². The van der Waals surface area contributed by atoms with Crippen molar-refractivity contribution >= 4 is 21.7 Å². The van der Waals surface area contributed by atoms with E-state index in [0.717, 1.165) is 17.4 Å². The van der Waals surface area contributed by atoms with Gasteiger partial charge in [0.15, 0.2) is 0 Å². The van der Waals surface area contributed by atoms with Crippen LogP contribution in [0, 0.1) is 0 Å². The van der Waals surface area contributed by atoms with Gasteiger partial charge in [-0.3, -0.25) is 4.18 Å². The lowest BCUT2D eigenvalue weighted by Crippen LogP contribution is -2.24. The van der Waals surface area contributed by atoms with E-state index in [4.69, 9.17) is 15.8 Å². The summed E-state index contributed by atoms with van der Waals surface area (Å²) in [4.78, 5) is 0. The van der Waals surface area contributed by atoms with E-state index in [1.807, 2.05) is 54.6 Å². The highest BCUT2D eigenvalue weighted by molar-refractivity contribution is 7.86. The van der Waals surface area contributed by atoms with E-state index >= 15 is 0 Å². The van der Waals surface area contributed by atoms with E-state index < -0.39 is 16.2 Å². The Hall–Kier alpha value is -1.36. The van der Waals surface area contributed by atoms with E-state index in [-0.39, 0.29) is 5.92 Å². The summed E-state index contributed by atoms with van der Waals surface area (Å²) in [6.07, 6.45) is 1.30. The highest BCUT2D eigenvalue weighted by atomic mass is 35.5. The van der Waals surface area contributed by atoms with Crippen LogP contribution < -0.4 is 0 Å². The Morgan fingerprint density at radius 2 is 1.64 bits per heavy atom. The van der Waals surface area contributed by atoms with Crippen LogP contribution in [-0.2, 0) is 20.7 Å². The number of benzene rings is 2. The minimum atomic E-state index is -3.50. The predicted molar refractivity (Wildman–Crippen MR) is 89.7 cm³/mol. The molecule has 0 radical (unpaired) electrons. The maximum Gasteiger partial charge on any atom is 0.264 e. The topological polar surface area (TPSA) is 43.4 Å². The van der Waals surface area contributed by atoms with E-state index in [2.05, 4.69) is 0 Å². The molecule has 0 amide bonds. The van der Waals surface area contributed by atoms with Gasteiger partial charge in [0.05, 0.1) is 12.4 Å². The van der Waals surface area contributed by atoms with Crippen LogP contribution in [0.4, 0.5) is 0 Å². The molecule has 0 aromatic heterocycles. The highest BCUT2D eigenvalue weighted by Gasteiger charge is 2.23. The first-order valence-electron chi connectivity index (χ1n) is 7.03. The van der Waals surface area contributed by atoms with Gasteiger partial charge in [0, 0.05) is 10.9 Å². The van der Waals surface area contributed by atoms with Crippen molar-refractivity contribution in [2.24, 2.45) is 0 Å². The monoisotopic (exact) mass is 338 g/mol. The molecule has 0 saturated heterocycles. The molecule has 0 aliphatic carbocycles. The van der Waals surface area contributed by atoms with Crippen molar-refractivity contribution in [2.45, 2.75) is 25.4 Å². The minimum Gasteiger partial charge on any atom is -0.267 e. The van der Waals surface area contributed by atoms with Crippen LogP contribution in [0.15, 0.2) is 54.6 Å². The summed E-state index contributed by atoms with van der Waals surface area (Å²) in [6.45, 7) is 1.79. The van der Waals surface area contributed by atoms with Gasteiger partial charge >= 0.3 is 0 Å². The summed E-state index contributed by atoms with van der Waals surface area (Å²) < 4.78 is 28.1. The van der Waals surface area contributed by atoms with Gasteiger partial charge in [-0.25, -0.2) is 0 Å². The molecule has 0 saturated carbocycles. The molecule has 0 N–H and O–H groups in total. The Kier molecular flexibility index (Phi) is 5.62. The van der Waals surface area contributed by atoms with Crippen LogP contribution in [0.1, 0.15) is 24.0 Å². The minimum absolute atomic E-state index is 0.0582. The van der Waals surface area contributed by atoms with Crippen molar-refractivity contribution in [1.29, 1.82) is 0 Å². The Balaban J connectivity index is 2.27. The van der Waals surface area contributed by atoms with Crippen LogP contribution in [0.25, 0.3) is 0 Å². The van der Waals surface area contributed by atoms with E-state index in [1.54, 1.807) is 6.92 Å².